The van der Waals surface area contributed by atoms with Crippen LogP contribution in [-0.4, -0.2) is 24.5 Å². The second-order valence-corrected chi connectivity index (χ2v) is 6.97. The van der Waals surface area contributed by atoms with Crippen molar-refractivity contribution in [3.05, 3.63) is 70.8 Å². The van der Waals surface area contributed by atoms with Crippen molar-refractivity contribution in [2.24, 2.45) is 5.92 Å². The highest BCUT2D eigenvalue weighted by molar-refractivity contribution is 5.48. The first kappa shape index (κ1) is 14.0. The first-order valence-electron chi connectivity index (χ1n) is 8.65. The fraction of sp³-hybridized carbons (Fsp3) is 0.429. The SMILES string of the molecule is CCN1CC[C@@H]2[C@@H](c3ccccc3)c3cc(C)ccc3[C@@H]2C1. The highest BCUT2D eigenvalue weighted by Crippen LogP contribution is 2.53. The molecule has 0 saturated carbocycles. The van der Waals surface area contributed by atoms with Gasteiger partial charge in [-0.05, 0) is 49.0 Å². The van der Waals surface area contributed by atoms with E-state index < -0.39 is 0 Å². The van der Waals surface area contributed by atoms with Gasteiger partial charge in [-0.25, -0.2) is 0 Å². The number of piperidine rings is 1. The van der Waals surface area contributed by atoms with Crippen LogP contribution in [0.2, 0.25) is 0 Å². The molecule has 2 aromatic rings. The zero-order valence-corrected chi connectivity index (χ0v) is 13.6. The lowest BCUT2D eigenvalue weighted by molar-refractivity contribution is 0.167. The van der Waals surface area contributed by atoms with Gasteiger partial charge in [-0.3, -0.25) is 0 Å². The Morgan fingerprint density at radius 3 is 2.64 bits per heavy atom. The van der Waals surface area contributed by atoms with Crippen LogP contribution in [0, 0.1) is 12.8 Å². The monoisotopic (exact) mass is 291 g/mol. The molecule has 0 spiro atoms. The lowest BCUT2D eigenvalue weighted by atomic mass is 9.78. The highest BCUT2D eigenvalue weighted by Gasteiger charge is 2.43. The summed E-state index contributed by atoms with van der Waals surface area (Å²) in [5.41, 5.74) is 6.11. The molecule has 0 unspecified atom stereocenters. The quantitative estimate of drug-likeness (QED) is 0.783. The first-order chi connectivity index (χ1) is 10.8. The number of likely N-dealkylation sites (tertiary alicyclic amines) is 1. The van der Waals surface area contributed by atoms with E-state index in [1.807, 2.05) is 0 Å². The largest absolute Gasteiger partial charge is 0.303 e. The molecule has 4 rings (SSSR count). The van der Waals surface area contributed by atoms with Crippen molar-refractivity contribution in [3.8, 4) is 0 Å². The summed E-state index contributed by atoms with van der Waals surface area (Å²) >= 11 is 0. The summed E-state index contributed by atoms with van der Waals surface area (Å²) in [5.74, 6) is 2.09. The topological polar surface area (TPSA) is 3.24 Å². The average Bonchev–Trinajstić information content (AvgIpc) is 2.88. The number of likely N-dealkylation sites (N-methyl/N-ethyl adjacent to an activating group) is 1. The Kier molecular flexibility index (Phi) is 3.54. The molecule has 1 nitrogen and oxygen atoms in total. The summed E-state index contributed by atoms with van der Waals surface area (Å²) in [4.78, 5) is 2.62. The summed E-state index contributed by atoms with van der Waals surface area (Å²) in [6.07, 6.45) is 1.33. The van der Waals surface area contributed by atoms with E-state index in [0.717, 1.165) is 11.8 Å². The summed E-state index contributed by atoms with van der Waals surface area (Å²) in [6, 6.07) is 18.3. The molecule has 0 amide bonds. The van der Waals surface area contributed by atoms with E-state index in [1.54, 1.807) is 11.1 Å². The van der Waals surface area contributed by atoms with Gasteiger partial charge in [0.25, 0.3) is 0 Å². The molecule has 3 atom stereocenters. The van der Waals surface area contributed by atoms with Crippen LogP contribution in [0.1, 0.15) is 47.4 Å². The van der Waals surface area contributed by atoms with Crippen LogP contribution in [-0.2, 0) is 0 Å². The molecule has 0 bridgehead atoms. The maximum atomic E-state index is 2.62. The Balaban J connectivity index is 1.81. The van der Waals surface area contributed by atoms with Crippen LogP contribution in [0.3, 0.4) is 0 Å². The van der Waals surface area contributed by atoms with Crippen molar-refractivity contribution in [2.75, 3.05) is 19.6 Å². The van der Waals surface area contributed by atoms with Gasteiger partial charge in [0.15, 0.2) is 0 Å². The number of rotatable bonds is 2. The molecule has 1 heteroatoms. The number of nitrogens with zero attached hydrogens (tertiary/aromatic N) is 1. The predicted octanol–water partition coefficient (Wildman–Crippen LogP) is 4.57. The fourth-order valence-corrected chi connectivity index (χ4v) is 4.67. The van der Waals surface area contributed by atoms with Crippen molar-refractivity contribution in [3.63, 3.8) is 0 Å². The lowest BCUT2D eigenvalue weighted by Gasteiger charge is -2.37. The first-order valence-corrected chi connectivity index (χ1v) is 8.65. The maximum absolute atomic E-state index is 2.62. The van der Waals surface area contributed by atoms with Crippen LogP contribution in [0.5, 0.6) is 0 Å². The van der Waals surface area contributed by atoms with Gasteiger partial charge in [0.2, 0.25) is 0 Å². The molecule has 2 aromatic carbocycles. The molecule has 114 valence electrons. The summed E-state index contributed by atoms with van der Waals surface area (Å²) in [7, 11) is 0. The predicted molar refractivity (Wildman–Crippen MR) is 92.4 cm³/mol. The zero-order valence-electron chi connectivity index (χ0n) is 13.6. The Hall–Kier alpha value is -1.60. The van der Waals surface area contributed by atoms with Gasteiger partial charge in [-0.2, -0.15) is 0 Å². The Bertz CT molecular complexity index is 661. The van der Waals surface area contributed by atoms with E-state index in [-0.39, 0.29) is 0 Å². The third-order valence-electron chi connectivity index (χ3n) is 5.76. The van der Waals surface area contributed by atoms with Crippen molar-refractivity contribution in [1.29, 1.82) is 0 Å². The fourth-order valence-electron chi connectivity index (χ4n) is 4.67. The van der Waals surface area contributed by atoms with Gasteiger partial charge in [0, 0.05) is 18.4 Å². The zero-order chi connectivity index (χ0) is 15.1. The van der Waals surface area contributed by atoms with Gasteiger partial charge >= 0.3 is 0 Å². The van der Waals surface area contributed by atoms with Crippen molar-refractivity contribution < 1.29 is 0 Å². The Labute approximate surface area is 134 Å². The summed E-state index contributed by atoms with van der Waals surface area (Å²) in [5, 5.41) is 0. The standard InChI is InChI=1S/C21H25N/c1-3-22-12-11-18-20(14-22)17-10-9-15(2)13-19(17)21(18)16-7-5-4-6-8-16/h4-10,13,18,20-21H,3,11-12,14H2,1-2H3/t18-,20-,21+/m0/s1. The number of aryl methyl sites for hydroxylation is 1. The minimum Gasteiger partial charge on any atom is -0.303 e. The highest BCUT2D eigenvalue weighted by atomic mass is 15.1. The molecule has 22 heavy (non-hydrogen) atoms. The maximum Gasteiger partial charge on any atom is 0.0127 e. The van der Waals surface area contributed by atoms with Crippen LogP contribution in [0.25, 0.3) is 0 Å². The minimum absolute atomic E-state index is 0.597. The molecular weight excluding hydrogens is 266 g/mol. The smallest absolute Gasteiger partial charge is 0.0127 e. The van der Waals surface area contributed by atoms with Gasteiger partial charge < -0.3 is 4.90 Å². The molecule has 1 aliphatic carbocycles. The van der Waals surface area contributed by atoms with Crippen LogP contribution in [0.15, 0.2) is 48.5 Å². The van der Waals surface area contributed by atoms with Crippen LogP contribution < -0.4 is 0 Å². The van der Waals surface area contributed by atoms with Gasteiger partial charge in [-0.1, -0.05) is 61.0 Å². The molecule has 1 aliphatic heterocycles. The van der Waals surface area contributed by atoms with E-state index in [1.165, 1.54) is 37.2 Å². The molecule has 0 N–H and O–H groups in total. The molecule has 2 aliphatic rings. The molecule has 1 heterocycles. The van der Waals surface area contributed by atoms with E-state index >= 15 is 0 Å². The number of benzene rings is 2. The average molecular weight is 291 g/mol. The van der Waals surface area contributed by atoms with Gasteiger partial charge in [0.1, 0.15) is 0 Å². The molecular formula is C21H25N. The normalized spacial score (nSPS) is 27.5. The summed E-state index contributed by atoms with van der Waals surface area (Å²) < 4.78 is 0. The van der Waals surface area contributed by atoms with Crippen LogP contribution in [0.4, 0.5) is 0 Å². The van der Waals surface area contributed by atoms with E-state index in [0.29, 0.717) is 5.92 Å². The second kappa shape index (κ2) is 5.55. The molecule has 0 aromatic heterocycles. The van der Waals surface area contributed by atoms with E-state index in [4.69, 9.17) is 0 Å². The van der Waals surface area contributed by atoms with Crippen molar-refractivity contribution >= 4 is 0 Å². The van der Waals surface area contributed by atoms with E-state index in [2.05, 4.69) is 67.3 Å². The van der Waals surface area contributed by atoms with E-state index in [9.17, 15) is 0 Å². The Morgan fingerprint density at radius 2 is 1.86 bits per heavy atom. The molecule has 0 radical (unpaired) electrons. The lowest BCUT2D eigenvalue weighted by Crippen LogP contribution is -2.38. The third-order valence-corrected chi connectivity index (χ3v) is 5.76. The Morgan fingerprint density at radius 1 is 1.05 bits per heavy atom. The van der Waals surface area contributed by atoms with Crippen molar-refractivity contribution in [1.82, 2.24) is 4.90 Å². The number of hydrogen-bond acceptors (Lipinski definition) is 1. The minimum atomic E-state index is 0.597. The third kappa shape index (κ3) is 2.19. The van der Waals surface area contributed by atoms with Gasteiger partial charge in [0.05, 0.1) is 0 Å². The number of fused-ring (bicyclic) bond motifs is 3. The second-order valence-electron chi connectivity index (χ2n) is 6.97. The van der Waals surface area contributed by atoms with Gasteiger partial charge in [-0.15, -0.1) is 0 Å². The number of hydrogen-bond donors (Lipinski definition) is 0. The molecule has 1 fully saturated rings. The molecule has 1 saturated heterocycles. The summed E-state index contributed by atoms with van der Waals surface area (Å²) in [6.45, 7) is 8.19. The van der Waals surface area contributed by atoms with Crippen molar-refractivity contribution in [2.45, 2.75) is 32.1 Å². The van der Waals surface area contributed by atoms with Crippen LogP contribution >= 0.6 is 0 Å².